The van der Waals surface area contributed by atoms with Crippen LogP contribution in [0.3, 0.4) is 0 Å². The zero-order valence-corrected chi connectivity index (χ0v) is 11.2. The van der Waals surface area contributed by atoms with E-state index < -0.39 is 0 Å². The van der Waals surface area contributed by atoms with Gasteiger partial charge in [0.15, 0.2) is 0 Å². The number of likely N-dealkylation sites (N-methyl/N-ethyl adjacent to an activating group) is 1. The maximum absolute atomic E-state index is 3.41. The van der Waals surface area contributed by atoms with Gasteiger partial charge in [0.1, 0.15) is 0 Å². The van der Waals surface area contributed by atoms with Gasteiger partial charge in [0.25, 0.3) is 0 Å². The Hall–Kier alpha value is 0.130. The predicted molar refractivity (Wildman–Crippen MR) is 70.8 cm³/mol. The molecule has 1 heterocycles. The Morgan fingerprint density at radius 3 is 2.93 bits per heavy atom. The van der Waals surface area contributed by atoms with Crippen molar-refractivity contribution in [2.24, 2.45) is 0 Å². The van der Waals surface area contributed by atoms with Crippen molar-refractivity contribution >= 4 is 33.9 Å². The monoisotopic (exact) mass is 319 g/mol. The Kier molecular flexibility index (Phi) is 3.62. The van der Waals surface area contributed by atoms with Crippen LogP contribution in [0, 0.1) is 2.88 Å². The molecule has 1 aliphatic carbocycles. The normalized spacial score (nSPS) is 18.3. The Bertz CT molecular complexity index is 343. The molecule has 1 aromatic rings. The number of halogens is 1. The van der Waals surface area contributed by atoms with Crippen LogP contribution in [0.15, 0.2) is 23.1 Å². The summed E-state index contributed by atoms with van der Waals surface area (Å²) in [6, 6.07) is 2.74. The molecule has 1 aliphatic rings. The minimum Gasteiger partial charge on any atom is -0.310 e. The largest absolute Gasteiger partial charge is 0.310 e. The maximum Gasteiger partial charge on any atom is 0.0656 e. The highest BCUT2D eigenvalue weighted by molar-refractivity contribution is 14.1. The number of nitrogens with one attached hydrogen (secondary N) is 1. The van der Waals surface area contributed by atoms with Crippen molar-refractivity contribution in [3.8, 4) is 0 Å². The van der Waals surface area contributed by atoms with Crippen molar-refractivity contribution < 1.29 is 0 Å². The summed E-state index contributed by atoms with van der Waals surface area (Å²) in [6.45, 7) is 0. The van der Waals surface area contributed by atoms with E-state index in [1.165, 1.54) is 27.7 Å². The topological polar surface area (TPSA) is 12.0 Å². The van der Waals surface area contributed by atoms with Crippen LogP contribution in [0.25, 0.3) is 0 Å². The molecular weight excluding hydrogens is 305 g/mol. The van der Waals surface area contributed by atoms with Gasteiger partial charge in [0.05, 0.1) is 8.93 Å². The van der Waals surface area contributed by atoms with Gasteiger partial charge >= 0.3 is 0 Å². The average Bonchev–Trinajstić information content (AvgIpc) is 2.79. The molecule has 0 saturated heterocycles. The van der Waals surface area contributed by atoms with Crippen molar-refractivity contribution in [2.45, 2.75) is 25.3 Å². The maximum atomic E-state index is 3.41. The first-order valence-electron chi connectivity index (χ1n) is 4.91. The van der Waals surface area contributed by atoms with Gasteiger partial charge in [-0.15, -0.1) is 11.3 Å². The highest BCUT2D eigenvalue weighted by atomic mass is 127. The molecule has 2 rings (SSSR count). The zero-order valence-electron chi connectivity index (χ0n) is 8.22. The summed E-state index contributed by atoms with van der Waals surface area (Å²) in [5.74, 6) is 0. The van der Waals surface area contributed by atoms with Crippen LogP contribution in [0.4, 0.5) is 0 Å². The van der Waals surface area contributed by atoms with E-state index in [2.05, 4.69) is 45.4 Å². The molecule has 0 amide bonds. The number of hydrogen-bond donors (Lipinski definition) is 1. The third-order valence-corrected chi connectivity index (χ3v) is 4.46. The molecule has 1 N–H and O–H groups in total. The first kappa shape index (κ1) is 10.6. The third-order valence-electron chi connectivity index (χ3n) is 2.66. The van der Waals surface area contributed by atoms with Gasteiger partial charge in [-0.1, -0.05) is 11.6 Å². The van der Waals surface area contributed by atoms with Gasteiger partial charge in [-0.25, -0.2) is 0 Å². The standard InChI is InChI=1S/C11H14INS/c1-13-11(8-4-2-3-5-8)9-6-10(12)14-7-9/h4,6-7,11,13H,2-3,5H2,1H3. The molecule has 0 fully saturated rings. The van der Waals surface area contributed by atoms with E-state index in [0.29, 0.717) is 6.04 Å². The SMILES string of the molecule is CNC(C1=CCCC1)c1csc(I)c1. The van der Waals surface area contributed by atoms with Gasteiger partial charge in [-0.3, -0.25) is 0 Å². The average molecular weight is 319 g/mol. The molecule has 14 heavy (non-hydrogen) atoms. The third kappa shape index (κ3) is 2.20. The Morgan fingerprint density at radius 1 is 1.57 bits per heavy atom. The van der Waals surface area contributed by atoms with Gasteiger partial charge in [0, 0.05) is 0 Å². The van der Waals surface area contributed by atoms with Crippen LogP contribution in [0.1, 0.15) is 30.9 Å². The van der Waals surface area contributed by atoms with Crippen LogP contribution < -0.4 is 5.32 Å². The van der Waals surface area contributed by atoms with Crippen molar-refractivity contribution in [3.63, 3.8) is 0 Å². The summed E-state index contributed by atoms with van der Waals surface area (Å²) in [4.78, 5) is 0. The highest BCUT2D eigenvalue weighted by Crippen LogP contribution is 2.32. The summed E-state index contributed by atoms with van der Waals surface area (Å²) in [5, 5.41) is 5.67. The van der Waals surface area contributed by atoms with E-state index in [-0.39, 0.29) is 0 Å². The lowest BCUT2D eigenvalue weighted by Gasteiger charge is -2.16. The second-order valence-corrected chi connectivity index (χ2v) is 6.38. The van der Waals surface area contributed by atoms with Gasteiger partial charge in [-0.2, -0.15) is 0 Å². The molecule has 1 unspecified atom stereocenters. The lowest BCUT2D eigenvalue weighted by Crippen LogP contribution is -2.17. The van der Waals surface area contributed by atoms with E-state index in [4.69, 9.17) is 0 Å². The van der Waals surface area contributed by atoms with Crippen molar-refractivity contribution in [1.29, 1.82) is 0 Å². The van der Waals surface area contributed by atoms with E-state index in [0.717, 1.165) is 0 Å². The summed E-state index contributed by atoms with van der Waals surface area (Å²) < 4.78 is 1.37. The lowest BCUT2D eigenvalue weighted by molar-refractivity contribution is 0.658. The second-order valence-electron chi connectivity index (χ2n) is 3.58. The molecular formula is C11H14INS. The number of hydrogen-bond acceptors (Lipinski definition) is 2. The summed E-state index contributed by atoms with van der Waals surface area (Å²) in [5.41, 5.74) is 3.00. The first-order chi connectivity index (χ1) is 6.81. The quantitative estimate of drug-likeness (QED) is 0.661. The minimum atomic E-state index is 0.456. The van der Waals surface area contributed by atoms with Crippen molar-refractivity contribution in [3.05, 3.63) is 31.5 Å². The van der Waals surface area contributed by atoms with Crippen LogP contribution in [0.2, 0.25) is 0 Å². The van der Waals surface area contributed by atoms with E-state index in [1.54, 1.807) is 5.57 Å². The first-order valence-corrected chi connectivity index (χ1v) is 6.87. The fraction of sp³-hybridized carbons (Fsp3) is 0.455. The molecule has 0 radical (unpaired) electrons. The Labute approximate surface area is 103 Å². The molecule has 0 aromatic carbocycles. The van der Waals surface area contributed by atoms with Crippen LogP contribution >= 0.6 is 33.9 Å². The van der Waals surface area contributed by atoms with Gasteiger partial charge in [-0.05, 0) is 65.9 Å². The number of rotatable bonds is 3. The van der Waals surface area contributed by atoms with Crippen molar-refractivity contribution in [2.75, 3.05) is 7.05 Å². The molecule has 0 spiro atoms. The van der Waals surface area contributed by atoms with Crippen molar-refractivity contribution in [1.82, 2.24) is 5.32 Å². The smallest absolute Gasteiger partial charge is 0.0656 e. The molecule has 76 valence electrons. The van der Waals surface area contributed by atoms with Crippen LogP contribution in [-0.2, 0) is 0 Å². The lowest BCUT2D eigenvalue weighted by atomic mass is 10.0. The predicted octanol–water partition coefficient (Wildman–Crippen LogP) is 3.72. The molecule has 0 bridgehead atoms. The van der Waals surface area contributed by atoms with Crippen LogP contribution in [0.5, 0.6) is 0 Å². The highest BCUT2D eigenvalue weighted by Gasteiger charge is 2.17. The molecule has 1 atom stereocenters. The number of thiophene rings is 1. The molecule has 0 saturated carbocycles. The van der Waals surface area contributed by atoms with Crippen LogP contribution in [-0.4, -0.2) is 7.05 Å². The number of allylic oxidation sites excluding steroid dienone is 1. The second kappa shape index (κ2) is 4.77. The zero-order chi connectivity index (χ0) is 9.97. The molecule has 1 nitrogen and oxygen atoms in total. The van der Waals surface area contributed by atoms with E-state index >= 15 is 0 Å². The summed E-state index contributed by atoms with van der Waals surface area (Å²) in [7, 11) is 2.05. The minimum absolute atomic E-state index is 0.456. The molecule has 0 aliphatic heterocycles. The van der Waals surface area contributed by atoms with E-state index in [1.807, 2.05) is 18.4 Å². The Balaban J connectivity index is 2.20. The molecule has 1 aromatic heterocycles. The summed E-state index contributed by atoms with van der Waals surface area (Å²) >= 11 is 4.21. The Morgan fingerprint density at radius 2 is 2.43 bits per heavy atom. The van der Waals surface area contributed by atoms with Gasteiger partial charge < -0.3 is 5.32 Å². The van der Waals surface area contributed by atoms with Gasteiger partial charge in [0.2, 0.25) is 0 Å². The summed E-state index contributed by atoms with van der Waals surface area (Å²) in [6.07, 6.45) is 6.24. The van der Waals surface area contributed by atoms with E-state index in [9.17, 15) is 0 Å². The fourth-order valence-corrected chi connectivity index (χ4v) is 3.40. The molecule has 3 heteroatoms. The fourth-order valence-electron chi connectivity index (χ4n) is 2.00.